The standard InChI is InChI=1S/C10H8F3N5O2S2/c11-10(12,13)5-2-17-9(22-5)18-8(20)16-3-6-15-1-4(21-6)7(14)19/h1-2H,3H2,(H2,14,19)(H2,16,17,18,20). The Hall–Kier alpha value is -2.21. The van der Waals surface area contributed by atoms with Crippen LogP contribution in [0, 0.1) is 0 Å². The van der Waals surface area contributed by atoms with Crippen LogP contribution >= 0.6 is 22.7 Å². The highest BCUT2D eigenvalue weighted by Crippen LogP contribution is 2.34. The van der Waals surface area contributed by atoms with Crippen LogP contribution in [0.25, 0.3) is 0 Å². The summed E-state index contributed by atoms with van der Waals surface area (Å²) >= 11 is 1.32. The summed E-state index contributed by atoms with van der Waals surface area (Å²) in [5, 5.41) is 4.81. The lowest BCUT2D eigenvalue weighted by atomic mass is 10.5. The average molecular weight is 351 g/mol. The second-order valence-electron chi connectivity index (χ2n) is 3.82. The van der Waals surface area contributed by atoms with Gasteiger partial charge in [-0.2, -0.15) is 13.2 Å². The number of hydrogen-bond acceptors (Lipinski definition) is 6. The number of carbonyl (C=O) groups excluding carboxylic acids is 2. The number of hydrogen-bond donors (Lipinski definition) is 3. The van der Waals surface area contributed by atoms with E-state index in [-0.39, 0.29) is 16.6 Å². The summed E-state index contributed by atoms with van der Waals surface area (Å²) in [5.74, 6) is -0.629. The molecule has 3 amide bonds. The first kappa shape index (κ1) is 16.2. The summed E-state index contributed by atoms with van der Waals surface area (Å²) in [5.41, 5.74) is 5.06. The first-order valence-electron chi connectivity index (χ1n) is 5.58. The highest BCUT2D eigenvalue weighted by atomic mass is 32.1. The summed E-state index contributed by atoms with van der Waals surface area (Å²) < 4.78 is 37.1. The Morgan fingerprint density at radius 3 is 2.50 bits per heavy atom. The molecule has 0 fully saturated rings. The van der Waals surface area contributed by atoms with Crippen LogP contribution < -0.4 is 16.4 Å². The normalized spacial score (nSPS) is 11.2. The molecular weight excluding hydrogens is 343 g/mol. The molecule has 0 radical (unpaired) electrons. The first-order chi connectivity index (χ1) is 10.3. The van der Waals surface area contributed by atoms with Gasteiger partial charge in [-0.1, -0.05) is 11.3 Å². The number of rotatable bonds is 4. The minimum atomic E-state index is -4.50. The van der Waals surface area contributed by atoms with E-state index in [2.05, 4.69) is 20.6 Å². The number of thiazole rings is 2. The summed E-state index contributed by atoms with van der Waals surface area (Å²) in [6, 6.07) is -0.737. The van der Waals surface area contributed by atoms with Gasteiger partial charge in [0.2, 0.25) is 0 Å². The molecule has 0 spiro atoms. The third-order valence-corrected chi connectivity index (χ3v) is 4.17. The van der Waals surface area contributed by atoms with Crippen molar-refractivity contribution < 1.29 is 22.8 Å². The first-order valence-corrected chi connectivity index (χ1v) is 7.21. The van der Waals surface area contributed by atoms with Crippen LogP contribution in [-0.4, -0.2) is 21.9 Å². The van der Waals surface area contributed by atoms with Crippen molar-refractivity contribution in [3.05, 3.63) is 27.2 Å². The molecule has 22 heavy (non-hydrogen) atoms. The minimum absolute atomic E-state index is 0.00127. The summed E-state index contributed by atoms with van der Waals surface area (Å²) in [6.07, 6.45) is -2.58. The molecule has 4 N–H and O–H groups in total. The molecule has 0 atom stereocenters. The Kier molecular flexibility index (Phi) is 4.61. The van der Waals surface area contributed by atoms with E-state index >= 15 is 0 Å². The summed E-state index contributed by atoms with van der Waals surface area (Å²) in [4.78, 5) is 29.1. The fourth-order valence-electron chi connectivity index (χ4n) is 1.27. The zero-order valence-corrected chi connectivity index (χ0v) is 12.2. The van der Waals surface area contributed by atoms with E-state index in [1.165, 1.54) is 6.20 Å². The van der Waals surface area contributed by atoms with Crippen molar-refractivity contribution in [2.75, 3.05) is 5.32 Å². The Labute approximate surface area is 129 Å². The molecule has 2 aromatic heterocycles. The molecule has 118 valence electrons. The van der Waals surface area contributed by atoms with Crippen molar-refractivity contribution in [3.8, 4) is 0 Å². The van der Waals surface area contributed by atoms with Gasteiger partial charge in [-0.05, 0) is 0 Å². The molecule has 0 aliphatic rings. The number of aromatic nitrogens is 2. The minimum Gasteiger partial charge on any atom is -0.365 e. The molecule has 2 aromatic rings. The van der Waals surface area contributed by atoms with Gasteiger partial charge in [0, 0.05) is 0 Å². The molecule has 2 heterocycles. The number of halogens is 3. The molecule has 0 aliphatic heterocycles. The third kappa shape index (κ3) is 4.14. The van der Waals surface area contributed by atoms with Gasteiger partial charge in [0.25, 0.3) is 5.91 Å². The fourth-order valence-corrected chi connectivity index (χ4v) is 2.65. The molecule has 0 unspecified atom stereocenters. The smallest absolute Gasteiger partial charge is 0.365 e. The maximum absolute atomic E-state index is 12.4. The number of carbonyl (C=O) groups is 2. The lowest BCUT2D eigenvalue weighted by molar-refractivity contribution is -0.134. The Morgan fingerprint density at radius 2 is 1.95 bits per heavy atom. The number of primary amides is 1. The second-order valence-corrected chi connectivity index (χ2v) is 5.96. The molecule has 0 aromatic carbocycles. The predicted octanol–water partition coefficient (Wildman–Crippen LogP) is 2.04. The van der Waals surface area contributed by atoms with Gasteiger partial charge in [-0.25, -0.2) is 14.8 Å². The van der Waals surface area contributed by atoms with Gasteiger partial charge in [0.15, 0.2) is 5.13 Å². The van der Waals surface area contributed by atoms with Crippen LogP contribution in [-0.2, 0) is 12.7 Å². The lowest BCUT2D eigenvalue weighted by Gasteiger charge is -2.03. The maximum Gasteiger partial charge on any atom is 0.427 e. The SMILES string of the molecule is NC(=O)c1cnc(CNC(=O)Nc2ncc(C(F)(F)F)s2)s1. The van der Waals surface area contributed by atoms with Crippen LogP contribution in [0.15, 0.2) is 12.4 Å². The molecule has 0 saturated carbocycles. The highest BCUT2D eigenvalue weighted by Gasteiger charge is 2.33. The Morgan fingerprint density at radius 1 is 1.23 bits per heavy atom. The quantitative estimate of drug-likeness (QED) is 0.783. The van der Waals surface area contributed by atoms with Crippen molar-refractivity contribution in [1.29, 1.82) is 0 Å². The van der Waals surface area contributed by atoms with E-state index in [9.17, 15) is 22.8 Å². The number of alkyl halides is 3. The highest BCUT2D eigenvalue weighted by molar-refractivity contribution is 7.15. The molecule has 12 heteroatoms. The zero-order valence-electron chi connectivity index (χ0n) is 10.6. The van der Waals surface area contributed by atoms with Crippen molar-refractivity contribution in [2.24, 2.45) is 5.73 Å². The van der Waals surface area contributed by atoms with Crippen molar-refractivity contribution in [1.82, 2.24) is 15.3 Å². The zero-order chi connectivity index (χ0) is 16.3. The van der Waals surface area contributed by atoms with E-state index in [0.29, 0.717) is 22.5 Å². The molecule has 0 aliphatic carbocycles. The van der Waals surface area contributed by atoms with Crippen LogP contribution in [0.2, 0.25) is 0 Å². The second kappa shape index (κ2) is 6.27. The molecule has 0 bridgehead atoms. The van der Waals surface area contributed by atoms with Crippen molar-refractivity contribution in [2.45, 2.75) is 12.7 Å². The Balaban J connectivity index is 1.87. The maximum atomic E-state index is 12.4. The lowest BCUT2D eigenvalue weighted by Crippen LogP contribution is -2.28. The van der Waals surface area contributed by atoms with Crippen LogP contribution in [0.1, 0.15) is 19.6 Å². The largest absolute Gasteiger partial charge is 0.427 e. The number of nitrogens with two attached hydrogens (primary N) is 1. The number of nitrogens with zero attached hydrogens (tertiary/aromatic N) is 2. The van der Waals surface area contributed by atoms with E-state index in [1.54, 1.807) is 0 Å². The van der Waals surface area contributed by atoms with E-state index in [0.717, 1.165) is 11.3 Å². The number of urea groups is 1. The monoisotopic (exact) mass is 351 g/mol. The van der Waals surface area contributed by atoms with Gasteiger partial charge >= 0.3 is 12.2 Å². The Bertz CT molecular complexity index is 697. The van der Waals surface area contributed by atoms with Gasteiger partial charge in [-0.3, -0.25) is 10.1 Å². The summed E-state index contributed by atoms with van der Waals surface area (Å²) in [6.45, 7) is 0.00127. The van der Waals surface area contributed by atoms with Gasteiger partial charge in [0.1, 0.15) is 14.8 Å². The van der Waals surface area contributed by atoms with Gasteiger partial charge < -0.3 is 11.1 Å². The van der Waals surface area contributed by atoms with Crippen molar-refractivity contribution in [3.63, 3.8) is 0 Å². The van der Waals surface area contributed by atoms with E-state index < -0.39 is 23.0 Å². The number of amides is 3. The van der Waals surface area contributed by atoms with Crippen LogP contribution in [0.3, 0.4) is 0 Å². The predicted molar refractivity (Wildman–Crippen MR) is 73.6 cm³/mol. The molecule has 0 saturated heterocycles. The van der Waals surface area contributed by atoms with E-state index in [4.69, 9.17) is 5.73 Å². The molecular formula is C10H8F3N5O2S2. The topological polar surface area (TPSA) is 110 Å². The van der Waals surface area contributed by atoms with E-state index in [1.807, 2.05) is 0 Å². The third-order valence-electron chi connectivity index (χ3n) is 2.20. The fraction of sp³-hybridized carbons (Fsp3) is 0.200. The molecule has 7 nitrogen and oxygen atoms in total. The van der Waals surface area contributed by atoms with Gasteiger partial charge in [0.05, 0.1) is 18.9 Å². The number of nitrogens with one attached hydrogen (secondary N) is 2. The summed E-state index contributed by atoms with van der Waals surface area (Å²) in [7, 11) is 0. The number of anilines is 1. The van der Waals surface area contributed by atoms with Crippen LogP contribution in [0.5, 0.6) is 0 Å². The average Bonchev–Trinajstić information content (AvgIpc) is 3.04. The van der Waals surface area contributed by atoms with Crippen LogP contribution in [0.4, 0.5) is 23.1 Å². The van der Waals surface area contributed by atoms with Crippen molar-refractivity contribution >= 4 is 39.7 Å². The molecule has 2 rings (SSSR count). The van der Waals surface area contributed by atoms with Gasteiger partial charge in [-0.15, -0.1) is 11.3 Å².